The van der Waals surface area contributed by atoms with Crippen LogP contribution < -0.4 is 5.32 Å². The van der Waals surface area contributed by atoms with Crippen LogP contribution >= 0.6 is 0 Å². The highest BCUT2D eigenvalue weighted by Gasteiger charge is 2.18. The summed E-state index contributed by atoms with van der Waals surface area (Å²) < 4.78 is 4.67. The van der Waals surface area contributed by atoms with Crippen LogP contribution in [0.15, 0.2) is 18.3 Å². The van der Waals surface area contributed by atoms with Crippen LogP contribution in [-0.4, -0.2) is 49.1 Å². The summed E-state index contributed by atoms with van der Waals surface area (Å²) in [5.41, 5.74) is 1.25. The van der Waals surface area contributed by atoms with Gasteiger partial charge in [0, 0.05) is 24.5 Å². The van der Waals surface area contributed by atoms with Crippen LogP contribution in [0.3, 0.4) is 0 Å². The quantitative estimate of drug-likeness (QED) is 0.839. The maximum atomic E-state index is 11.4. The lowest BCUT2D eigenvalue weighted by Gasteiger charge is -2.32. The van der Waals surface area contributed by atoms with E-state index in [-0.39, 0.29) is 0 Å². The fourth-order valence-corrected chi connectivity index (χ4v) is 2.39. The number of ether oxygens (including phenoxy) is 1. The largest absolute Gasteiger partial charge is 0.464 e. The highest BCUT2D eigenvalue weighted by Crippen LogP contribution is 2.16. The zero-order valence-electron chi connectivity index (χ0n) is 11.6. The maximum Gasteiger partial charge on any atom is 0.356 e. The Kier molecular flexibility index (Phi) is 4.74. The molecule has 1 aliphatic rings. The Balaban J connectivity index is 1.93. The third-order valence-electron chi connectivity index (χ3n) is 3.62. The molecule has 0 radical (unpaired) electrons. The number of esters is 1. The van der Waals surface area contributed by atoms with Crippen LogP contribution in [0.1, 0.15) is 29.8 Å². The Labute approximate surface area is 114 Å². The molecule has 19 heavy (non-hydrogen) atoms. The van der Waals surface area contributed by atoms with Crippen molar-refractivity contribution >= 4 is 11.7 Å². The number of nitrogens with one attached hydrogen (secondary N) is 1. The van der Waals surface area contributed by atoms with E-state index in [1.165, 1.54) is 26.4 Å². The molecule has 1 aromatic heterocycles. The van der Waals surface area contributed by atoms with E-state index >= 15 is 0 Å². The first-order valence-electron chi connectivity index (χ1n) is 6.69. The van der Waals surface area contributed by atoms with Gasteiger partial charge in [0.25, 0.3) is 0 Å². The zero-order valence-corrected chi connectivity index (χ0v) is 11.6. The van der Waals surface area contributed by atoms with Gasteiger partial charge in [-0.15, -0.1) is 0 Å². The van der Waals surface area contributed by atoms with E-state index in [1.54, 1.807) is 12.3 Å². The predicted molar refractivity (Wildman–Crippen MR) is 74.3 cm³/mol. The van der Waals surface area contributed by atoms with Gasteiger partial charge >= 0.3 is 5.97 Å². The molecule has 5 heteroatoms. The topological polar surface area (TPSA) is 54.5 Å². The number of piperidine rings is 1. The molecule has 1 unspecified atom stereocenters. The van der Waals surface area contributed by atoms with Gasteiger partial charge in [-0.3, -0.25) is 0 Å². The van der Waals surface area contributed by atoms with Crippen molar-refractivity contribution in [3.63, 3.8) is 0 Å². The molecule has 1 atom stereocenters. The molecule has 5 nitrogen and oxygen atoms in total. The number of likely N-dealkylation sites (N-methyl/N-ethyl adjacent to an activating group) is 1. The van der Waals surface area contributed by atoms with Gasteiger partial charge in [0.1, 0.15) is 5.69 Å². The second-order valence-corrected chi connectivity index (χ2v) is 4.93. The van der Waals surface area contributed by atoms with E-state index in [2.05, 4.69) is 27.0 Å². The summed E-state index contributed by atoms with van der Waals surface area (Å²) in [6.45, 7) is 2.05. The Morgan fingerprint density at radius 1 is 1.58 bits per heavy atom. The van der Waals surface area contributed by atoms with Gasteiger partial charge in [-0.1, -0.05) is 6.42 Å². The first-order valence-corrected chi connectivity index (χ1v) is 6.69. The van der Waals surface area contributed by atoms with Gasteiger partial charge < -0.3 is 15.0 Å². The Bertz CT molecular complexity index is 436. The Hall–Kier alpha value is -1.62. The van der Waals surface area contributed by atoms with Crippen LogP contribution in [0, 0.1) is 0 Å². The van der Waals surface area contributed by atoms with E-state index in [4.69, 9.17) is 0 Å². The van der Waals surface area contributed by atoms with Crippen molar-refractivity contribution < 1.29 is 9.53 Å². The smallest absolute Gasteiger partial charge is 0.356 e. The number of anilines is 1. The van der Waals surface area contributed by atoms with E-state index in [9.17, 15) is 4.79 Å². The highest BCUT2D eigenvalue weighted by molar-refractivity contribution is 5.88. The van der Waals surface area contributed by atoms with E-state index < -0.39 is 5.97 Å². The molecule has 1 aliphatic heterocycles. The predicted octanol–water partition coefficient (Wildman–Crippen LogP) is 1.76. The summed E-state index contributed by atoms with van der Waals surface area (Å²) in [5.74, 6) is -0.404. The fraction of sp³-hybridized carbons (Fsp3) is 0.571. The summed E-state index contributed by atoms with van der Waals surface area (Å²) in [6, 6.07) is 4.16. The standard InChI is InChI=1S/C14H21N3O2/c1-17-8-4-3-5-12(17)10-16-11-6-7-15-13(9-11)14(18)19-2/h6-7,9,12H,3-5,8,10H2,1-2H3,(H,15,16). The Morgan fingerprint density at radius 2 is 2.42 bits per heavy atom. The lowest BCUT2D eigenvalue weighted by molar-refractivity contribution is 0.0594. The third kappa shape index (κ3) is 3.67. The van der Waals surface area contributed by atoms with Crippen LogP contribution in [0.2, 0.25) is 0 Å². The minimum absolute atomic E-state index is 0.337. The minimum atomic E-state index is -0.404. The molecular weight excluding hydrogens is 242 g/mol. The molecule has 1 saturated heterocycles. The van der Waals surface area contributed by atoms with Crippen molar-refractivity contribution in [2.75, 3.05) is 32.6 Å². The van der Waals surface area contributed by atoms with Gasteiger partial charge in [0.2, 0.25) is 0 Å². The zero-order chi connectivity index (χ0) is 13.7. The number of hydrogen-bond acceptors (Lipinski definition) is 5. The van der Waals surface area contributed by atoms with Gasteiger partial charge in [-0.05, 0) is 38.6 Å². The van der Waals surface area contributed by atoms with Crippen molar-refractivity contribution in [1.29, 1.82) is 0 Å². The maximum absolute atomic E-state index is 11.4. The molecule has 1 aromatic rings. The number of rotatable bonds is 4. The molecular formula is C14H21N3O2. The number of carbonyl (C=O) groups excluding carboxylic acids is 1. The normalized spacial score (nSPS) is 20.0. The van der Waals surface area contributed by atoms with Crippen molar-refractivity contribution in [3.8, 4) is 0 Å². The molecule has 1 fully saturated rings. The lowest BCUT2D eigenvalue weighted by atomic mass is 10.0. The molecule has 0 saturated carbocycles. The van der Waals surface area contributed by atoms with Gasteiger partial charge in [0.05, 0.1) is 7.11 Å². The number of carbonyl (C=O) groups is 1. The number of likely N-dealkylation sites (tertiary alicyclic amines) is 1. The monoisotopic (exact) mass is 263 g/mol. The molecule has 1 N–H and O–H groups in total. The number of hydrogen-bond donors (Lipinski definition) is 1. The molecule has 2 rings (SSSR count). The van der Waals surface area contributed by atoms with Crippen LogP contribution in [0.25, 0.3) is 0 Å². The van der Waals surface area contributed by atoms with Crippen molar-refractivity contribution in [2.45, 2.75) is 25.3 Å². The summed E-state index contributed by atoms with van der Waals surface area (Å²) in [6.07, 6.45) is 5.42. The second-order valence-electron chi connectivity index (χ2n) is 4.93. The van der Waals surface area contributed by atoms with Crippen molar-refractivity contribution in [3.05, 3.63) is 24.0 Å². The first-order chi connectivity index (χ1) is 9.20. The van der Waals surface area contributed by atoms with E-state index in [0.717, 1.165) is 18.8 Å². The second kappa shape index (κ2) is 6.52. The summed E-state index contributed by atoms with van der Waals surface area (Å²) in [7, 11) is 3.53. The molecule has 104 valence electrons. The van der Waals surface area contributed by atoms with Gasteiger partial charge in [0.15, 0.2) is 0 Å². The lowest BCUT2D eigenvalue weighted by Crippen LogP contribution is -2.40. The summed E-state index contributed by atoms with van der Waals surface area (Å²) in [5, 5.41) is 3.37. The average Bonchev–Trinajstić information content (AvgIpc) is 2.46. The number of pyridine rings is 1. The summed E-state index contributed by atoms with van der Waals surface area (Å²) >= 11 is 0. The third-order valence-corrected chi connectivity index (χ3v) is 3.62. The van der Waals surface area contributed by atoms with Gasteiger partial charge in [-0.2, -0.15) is 0 Å². The van der Waals surface area contributed by atoms with E-state index in [1.807, 2.05) is 6.07 Å². The van der Waals surface area contributed by atoms with Crippen molar-refractivity contribution in [1.82, 2.24) is 9.88 Å². The molecule has 0 amide bonds. The fourth-order valence-electron chi connectivity index (χ4n) is 2.39. The molecule has 0 bridgehead atoms. The molecule has 2 heterocycles. The number of nitrogens with zero attached hydrogens (tertiary/aromatic N) is 2. The number of methoxy groups -OCH3 is 1. The minimum Gasteiger partial charge on any atom is -0.464 e. The summed E-state index contributed by atoms with van der Waals surface area (Å²) in [4.78, 5) is 17.8. The van der Waals surface area contributed by atoms with Crippen LogP contribution in [0.5, 0.6) is 0 Å². The van der Waals surface area contributed by atoms with Crippen molar-refractivity contribution in [2.24, 2.45) is 0 Å². The van der Waals surface area contributed by atoms with E-state index in [0.29, 0.717) is 11.7 Å². The SMILES string of the molecule is COC(=O)c1cc(NCC2CCCCN2C)ccn1. The van der Waals surface area contributed by atoms with Crippen LogP contribution in [0.4, 0.5) is 5.69 Å². The average molecular weight is 263 g/mol. The first kappa shape index (κ1) is 13.8. The number of aromatic nitrogens is 1. The molecule has 0 spiro atoms. The van der Waals surface area contributed by atoms with Crippen LogP contribution in [-0.2, 0) is 4.74 Å². The van der Waals surface area contributed by atoms with Gasteiger partial charge in [-0.25, -0.2) is 9.78 Å². The highest BCUT2D eigenvalue weighted by atomic mass is 16.5. The molecule has 0 aliphatic carbocycles. The Morgan fingerprint density at radius 3 is 3.16 bits per heavy atom. The molecule has 0 aromatic carbocycles.